The molecule has 1 fully saturated rings. The summed E-state index contributed by atoms with van der Waals surface area (Å²) in [7, 11) is 2.13. The zero-order chi connectivity index (χ0) is 14.7. The quantitative estimate of drug-likeness (QED) is 0.925. The van der Waals surface area contributed by atoms with Gasteiger partial charge in [0.2, 0.25) is 5.95 Å². The minimum atomic E-state index is 0.695. The largest absolute Gasteiger partial charge is 0.339 e. The number of nitrogens with one attached hydrogen (secondary N) is 1. The van der Waals surface area contributed by atoms with Crippen LogP contribution in [0.15, 0.2) is 30.5 Å². The summed E-state index contributed by atoms with van der Waals surface area (Å²) >= 11 is 0. The Balaban J connectivity index is 1.72. The van der Waals surface area contributed by atoms with Crippen LogP contribution in [0.25, 0.3) is 0 Å². The van der Waals surface area contributed by atoms with E-state index in [-0.39, 0.29) is 0 Å². The highest BCUT2D eigenvalue weighted by Crippen LogP contribution is 2.17. The molecule has 0 saturated carbocycles. The summed E-state index contributed by atoms with van der Waals surface area (Å²) in [6.07, 6.45) is 1.65. The first-order valence-corrected chi connectivity index (χ1v) is 7.17. The number of rotatable bonds is 3. The third kappa shape index (κ3) is 3.46. The van der Waals surface area contributed by atoms with Crippen molar-refractivity contribution in [2.24, 2.45) is 0 Å². The van der Waals surface area contributed by atoms with Crippen molar-refractivity contribution in [1.29, 1.82) is 0 Å². The van der Waals surface area contributed by atoms with E-state index in [1.165, 1.54) is 5.56 Å². The van der Waals surface area contributed by atoms with Gasteiger partial charge in [-0.25, -0.2) is 0 Å². The number of likely N-dealkylation sites (N-methyl/N-ethyl adjacent to an activating group) is 1. The molecule has 6 heteroatoms. The number of hydrogen-bond acceptors (Lipinski definition) is 6. The van der Waals surface area contributed by atoms with Gasteiger partial charge in [-0.15, -0.1) is 5.10 Å². The lowest BCUT2D eigenvalue weighted by atomic mass is 10.2. The van der Waals surface area contributed by atoms with Crippen LogP contribution in [0.5, 0.6) is 0 Å². The van der Waals surface area contributed by atoms with Crippen molar-refractivity contribution < 1.29 is 0 Å². The van der Waals surface area contributed by atoms with E-state index in [4.69, 9.17) is 0 Å². The summed E-state index contributed by atoms with van der Waals surface area (Å²) in [6, 6.07) is 8.20. The number of hydrogen-bond donors (Lipinski definition) is 1. The van der Waals surface area contributed by atoms with Crippen LogP contribution >= 0.6 is 0 Å². The summed E-state index contributed by atoms with van der Waals surface area (Å²) in [5.41, 5.74) is 2.24. The van der Waals surface area contributed by atoms with Gasteiger partial charge in [0.15, 0.2) is 5.82 Å². The van der Waals surface area contributed by atoms with Gasteiger partial charge in [-0.2, -0.15) is 10.1 Å². The molecule has 2 heterocycles. The van der Waals surface area contributed by atoms with E-state index in [2.05, 4.69) is 56.4 Å². The van der Waals surface area contributed by atoms with Crippen LogP contribution in [0.3, 0.4) is 0 Å². The van der Waals surface area contributed by atoms with Gasteiger partial charge in [-0.05, 0) is 26.1 Å². The van der Waals surface area contributed by atoms with Crippen LogP contribution in [0.4, 0.5) is 17.5 Å². The minimum Gasteiger partial charge on any atom is -0.339 e. The van der Waals surface area contributed by atoms with Crippen molar-refractivity contribution in [1.82, 2.24) is 20.1 Å². The summed E-state index contributed by atoms with van der Waals surface area (Å²) < 4.78 is 0. The van der Waals surface area contributed by atoms with Gasteiger partial charge in [0.05, 0.1) is 6.20 Å². The molecule has 1 aromatic carbocycles. The standard InChI is InChI=1S/C15H20N6/c1-12-3-5-13(6-4-12)17-14-11-16-19-15(18-14)21-9-7-20(2)8-10-21/h3-6,11H,7-10H2,1-2H3,(H,17,18,19). The average Bonchev–Trinajstić information content (AvgIpc) is 2.51. The number of aromatic nitrogens is 3. The molecule has 0 atom stereocenters. The first-order chi connectivity index (χ1) is 10.2. The van der Waals surface area contributed by atoms with E-state index >= 15 is 0 Å². The SMILES string of the molecule is Cc1ccc(Nc2cnnc(N3CCN(C)CC3)n2)cc1. The van der Waals surface area contributed by atoms with Crippen molar-refractivity contribution in [3.63, 3.8) is 0 Å². The summed E-state index contributed by atoms with van der Waals surface area (Å²) in [4.78, 5) is 9.04. The maximum absolute atomic E-state index is 4.56. The van der Waals surface area contributed by atoms with Crippen LogP contribution in [-0.2, 0) is 0 Å². The van der Waals surface area contributed by atoms with Crippen LogP contribution < -0.4 is 10.2 Å². The topological polar surface area (TPSA) is 57.2 Å². The number of piperazine rings is 1. The molecule has 110 valence electrons. The summed E-state index contributed by atoms with van der Waals surface area (Å²) in [5.74, 6) is 1.42. The Bertz CT molecular complexity index is 589. The smallest absolute Gasteiger partial charge is 0.247 e. The lowest BCUT2D eigenvalue weighted by Gasteiger charge is -2.32. The Hall–Kier alpha value is -2.21. The number of nitrogens with zero attached hydrogens (tertiary/aromatic N) is 5. The molecule has 0 aliphatic carbocycles. The second kappa shape index (κ2) is 6.05. The Morgan fingerprint density at radius 1 is 1.05 bits per heavy atom. The Labute approximate surface area is 124 Å². The van der Waals surface area contributed by atoms with Crippen LogP contribution in [0, 0.1) is 6.92 Å². The van der Waals surface area contributed by atoms with Gasteiger partial charge >= 0.3 is 0 Å². The monoisotopic (exact) mass is 284 g/mol. The first-order valence-electron chi connectivity index (χ1n) is 7.17. The highest BCUT2D eigenvalue weighted by molar-refractivity contribution is 5.56. The second-order valence-corrected chi connectivity index (χ2v) is 5.42. The van der Waals surface area contributed by atoms with Gasteiger partial charge in [-0.3, -0.25) is 0 Å². The van der Waals surface area contributed by atoms with E-state index < -0.39 is 0 Å². The zero-order valence-corrected chi connectivity index (χ0v) is 12.5. The molecule has 0 spiro atoms. The molecular weight excluding hydrogens is 264 g/mol. The molecule has 0 radical (unpaired) electrons. The van der Waals surface area contributed by atoms with Crippen LogP contribution in [0.1, 0.15) is 5.56 Å². The molecule has 1 aliphatic heterocycles. The van der Waals surface area contributed by atoms with Crippen molar-refractivity contribution in [3.05, 3.63) is 36.0 Å². The third-order valence-corrected chi connectivity index (χ3v) is 3.66. The fourth-order valence-corrected chi connectivity index (χ4v) is 2.28. The maximum Gasteiger partial charge on any atom is 0.247 e. The Kier molecular flexibility index (Phi) is 3.96. The van der Waals surface area contributed by atoms with E-state index in [0.29, 0.717) is 5.95 Å². The molecule has 1 aromatic heterocycles. The first kappa shape index (κ1) is 13.8. The minimum absolute atomic E-state index is 0.695. The predicted molar refractivity (Wildman–Crippen MR) is 84.0 cm³/mol. The van der Waals surface area contributed by atoms with Crippen molar-refractivity contribution in [2.45, 2.75) is 6.92 Å². The highest BCUT2D eigenvalue weighted by atomic mass is 15.4. The van der Waals surface area contributed by atoms with E-state index in [1.807, 2.05) is 12.1 Å². The van der Waals surface area contributed by atoms with Crippen molar-refractivity contribution >= 4 is 17.5 Å². The average molecular weight is 284 g/mol. The third-order valence-electron chi connectivity index (χ3n) is 3.66. The Morgan fingerprint density at radius 2 is 1.76 bits per heavy atom. The molecule has 0 bridgehead atoms. The molecule has 1 saturated heterocycles. The van der Waals surface area contributed by atoms with Crippen LogP contribution in [-0.4, -0.2) is 53.3 Å². The van der Waals surface area contributed by atoms with Crippen molar-refractivity contribution in [3.8, 4) is 0 Å². The van der Waals surface area contributed by atoms with Gasteiger partial charge in [-0.1, -0.05) is 17.7 Å². The van der Waals surface area contributed by atoms with Crippen molar-refractivity contribution in [2.75, 3.05) is 43.4 Å². The molecule has 1 aliphatic rings. The molecule has 0 unspecified atom stereocenters. The number of anilines is 3. The van der Waals surface area contributed by atoms with Gasteiger partial charge in [0.1, 0.15) is 0 Å². The maximum atomic E-state index is 4.56. The van der Waals surface area contributed by atoms with Gasteiger partial charge < -0.3 is 15.1 Å². The van der Waals surface area contributed by atoms with E-state index in [0.717, 1.165) is 37.7 Å². The van der Waals surface area contributed by atoms with E-state index in [1.54, 1.807) is 6.20 Å². The zero-order valence-electron chi connectivity index (χ0n) is 12.5. The second-order valence-electron chi connectivity index (χ2n) is 5.42. The Morgan fingerprint density at radius 3 is 2.48 bits per heavy atom. The van der Waals surface area contributed by atoms with E-state index in [9.17, 15) is 0 Å². The lowest BCUT2D eigenvalue weighted by Crippen LogP contribution is -2.45. The molecule has 2 aromatic rings. The number of aryl methyl sites for hydroxylation is 1. The van der Waals surface area contributed by atoms with Gasteiger partial charge in [0, 0.05) is 31.9 Å². The van der Waals surface area contributed by atoms with Gasteiger partial charge in [0.25, 0.3) is 0 Å². The fourth-order valence-electron chi connectivity index (χ4n) is 2.28. The highest BCUT2D eigenvalue weighted by Gasteiger charge is 2.17. The molecular formula is C15H20N6. The normalized spacial score (nSPS) is 16.0. The molecule has 0 amide bonds. The lowest BCUT2D eigenvalue weighted by molar-refractivity contribution is 0.311. The predicted octanol–water partition coefficient (Wildman–Crippen LogP) is 1.68. The number of benzene rings is 1. The van der Waals surface area contributed by atoms with Crippen LogP contribution in [0.2, 0.25) is 0 Å². The fraction of sp³-hybridized carbons (Fsp3) is 0.400. The molecule has 3 rings (SSSR count). The summed E-state index contributed by atoms with van der Waals surface area (Å²) in [6.45, 7) is 6.00. The molecule has 1 N–H and O–H groups in total. The molecule has 21 heavy (non-hydrogen) atoms. The summed E-state index contributed by atoms with van der Waals surface area (Å²) in [5, 5.41) is 11.5. The molecule has 6 nitrogen and oxygen atoms in total.